The van der Waals surface area contributed by atoms with E-state index in [-0.39, 0.29) is 5.91 Å². The van der Waals surface area contributed by atoms with Crippen molar-refractivity contribution in [3.05, 3.63) is 29.3 Å². The number of hydrogen-bond acceptors (Lipinski definition) is 3. The molecule has 2 rings (SSSR count). The lowest BCUT2D eigenvalue weighted by molar-refractivity contribution is -0.131. The summed E-state index contributed by atoms with van der Waals surface area (Å²) < 4.78 is 5.96. The smallest absolute Gasteiger partial charge is 0.227 e. The fourth-order valence-corrected chi connectivity index (χ4v) is 2.75. The summed E-state index contributed by atoms with van der Waals surface area (Å²) in [4.78, 5) is 12.6. The first-order valence-corrected chi connectivity index (χ1v) is 8.75. The molecule has 0 bridgehead atoms. The van der Waals surface area contributed by atoms with Gasteiger partial charge in [-0.25, -0.2) is 0 Å². The molecule has 0 radical (unpaired) electrons. The summed E-state index contributed by atoms with van der Waals surface area (Å²) in [6, 6.07) is 6.15. The lowest BCUT2D eigenvalue weighted by atomic mass is 9.81. The Morgan fingerprint density at radius 1 is 1.35 bits per heavy atom. The van der Waals surface area contributed by atoms with Gasteiger partial charge >= 0.3 is 0 Å². The van der Waals surface area contributed by atoms with Crippen LogP contribution in [-0.2, 0) is 11.3 Å². The molecule has 0 aliphatic heterocycles. The number of rotatable bonds is 9. The maximum atomic E-state index is 12.6. The highest BCUT2D eigenvalue weighted by Gasteiger charge is 2.33. The minimum atomic E-state index is -0.459. The highest BCUT2D eigenvalue weighted by molar-refractivity contribution is 5.82. The van der Waals surface area contributed by atoms with Crippen LogP contribution < -0.4 is 15.8 Å². The molecule has 1 aromatic carbocycles. The second-order valence-corrected chi connectivity index (χ2v) is 6.74. The van der Waals surface area contributed by atoms with Crippen molar-refractivity contribution in [3.8, 4) is 5.75 Å². The van der Waals surface area contributed by atoms with Gasteiger partial charge in [0.1, 0.15) is 5.75 Å². The molecule has 1 aliphatic rings. The van der Waals surface area contributed by atoms with Gasteiger partial charge in [0.15, 0.2) is 0 Å². The van der Waals surface area contributed by atoms with Crippen LogP contribution >= 0.6 is 0 Å². The van der Waals surface area contributed by atoms with Crippen molar-refractivity contribution in [2.24, 2.45) is 17.1 Å². The number of nitrogens with two attached hydrogens (primary N) is 1. The number of hydrogen-bond donors (Lipinski definition) is 2. The van der Waals surface area contributed by atoms with E-state index in [1.807, 2.05) is 19.9 Å². The summed E-state index contributed by atoms with van der Waals surface area (Å²) in [5, 5.41) is 3.06. The van der Waals surface area contributed by atoms with E-state index in [0.717, 1.165) is 30.8 Å². The fraction of sp³-hybridized carbons (Fsp3) is 0.632. The van der Waals surface area contributed by atoms with E-state index in [0.29, 0.717) is 19.0 Å². The summed E-state index contributed by atoms with van der Waals surface area (Å²) in [5.74, 6) is 1.64. The number of ether oxygens (including phenoxy) is 1. The Morgan fingerprint density at radius 3 is 2.61 bits per heavy atom. The zero-order valence-corrected chi connectivity index (χ0v) is 14.7. The summed E-state index contributed by atoms with van der Waals surface area (Å²) >= 11 is 0. The Labute approximate surface area is 139 Å². The molecule has 0 aromatic heterocycles. The van der Waals surface area contributed by atoms with Gasteiger partial charge in [-0.1, -0.05) is 26.0 Å². The Bertz CT molecular complexity index is 526. The number of benzene rings is 1. The molecule has 128 valence electrons. The first-order valence-electron chi connectivity index (χ1n) is 8.75. The molecule has 0 spiro atoms. The number of amides is 1. The molecule has 4 nitrogen and oxygen atoms in total. The van der Waals surface area contributed by atoms with Crippen molar-refractivity contribution in [2.45, 2.75) is 53.0 Å². The van der Waals surface area contributed by atoms with E-state index in [4.69, 9.17) is 10.5 Å². The Hall–Kier alpha value is -1.55. The molecule has 1 amide bonds. The number of carbonyl (C=O) groups is 1. The standard InChI is InChI=1S/C19H30N2O2/c1-4-19(5-2,13-20)18(22)21-11-16-9-6-14(3)10-17(16)23-12-15-7-8-15/h6,9-10,15H,4-5,7-8,11-13,20H2,1-3H3,(H,21,22). The van der Waals surface area contributed by atoms with Crippen LogP contribution in [0.15, 0.2) is 18.2 Å². The molecule has 0 unspecified atom stereocenters. The van der Waals surface area contributed by atoms with Crippen LogP contribution in [0.5, 0.6) is 5.75 Å². The SMILES string of the molecule is CCC(CC)(CN)C(=O)NCc1ccc(C)cc1OCC1CC1. The average molecular weight is 318 g/mol. The van der Waals surface area contributed by atoms with E-state index >= 15 is 0 Å². The second kappa shape index (κ2) is 7.82. The summed E-state index contributed by atoms with van der Waals surface area (Å²) in [5.41, 5.74) is 7.59. The fourth-order valence-electron chi connectivity index (χ4n) is 2.75. The zero-order chi connectivity index (χ0) is 16.9. The van der Waals surface area contributed by atoms with Gasteiger partial charge in [-0.3, -0.25) is 4.79 Å². The first kappa shape index (κ1) is 17.8. The molecule has 3 N–H and O–H groups in total. The van der Waals surface area contributed by atoms with Gasteiger partial charge in [0.2, 0.25) is 5.91 Å². The first-order chi connectivity index (χ1) is 11.0. The molecule has 1 aliphatic carbocycles. The highest BCUT2D eigenvalue weighted by atomic mass is 16.5. The molecule has 23 heavy (non-hydrogen) atoms. The number of aryl methyl sites for hydroxylation is 1. The van der Waals surface area contributed by atoms with Gasteiger partial charge in [-0.2, -0.15) is 0 Å². The zero-order valence-electron chi connectivity index (χ0n) is 14.7. The van der Waals surface area contributed by atoms with Gasteiger partial charge in [0, 0.05) is 18.7 Å². The van der Waals surface area contributed by atoms with Crippen molar-refractivity contribution in [1.29, 1.82) is 0 Å². The Kier molecular flexibility index (Phi) is 6.05. The topological polar surface area (TPSA) is 64.4 Å². The third-order valence-electron chi connectivity index (χ3n) is 5.06. The van der Waals surface area contributed by atoms with Gasteiger partial charge in [0.25, 0.3) is 0 Å². The lowest BCUT2D eigenvalue weighted by Gasteiger charge is -2.28. The van der Waals surface area contributed by atoms with E-state index in [2.05, 4.69) is 24.4 Å². The van der Waals surface area contributed by atoms with Crippen molar-refractivity contribution < 1.29 is 9.53 Å². The predicted octanol–water partition coefficient (Wildman–Crippen LogP) is 3.17. The predicted molar refractivity (Wildman–Crippen MR) is 93.3 cm³/mol. The number of carbonyl (C=O) groups excluding carboxylic acids is 1. The van der Waals surface area contributed by atoms with Crippen LogP contribution in [0.3, 0.4) is 0 Å². The molecule has 1 aromatic rings. The monoisotopic (exact) mass is 318 g/mol. The minimum absolute atomic E-state index is 0.0405. The van der Waals surface area contributed by atoms with Crippen LogP contribution in [-0.4, -0.2) is 19.1 Å². The lowest BCUT2D eigenvalue weighted by Crippen LogP contribution is -2.45. The second-order valence-electron chi connectivity index (χ2n) is 6.74. The van der Waals surface area contributed by atoms with Crippen molar-refractivity contribution in [2.75, 3.05) is 13.2 Å². The van der Waals surface area contributed by atoms with Gasteiger partial charge < -0.3 is 15.8 Å². The quantitative estimate of drug-likeness (QED) is 0.735. The van der Waals surface area contributed by atoms with Crippen molar-refractivity contribution in [1.82, 2.24) is 5.32 Å². The van der Waals surface area contributed by atoms with E-state index in [1.165, 1.54) is 18.4 Å². The van der Waals surface area contributed by atoms with Gasteiger partial charge in [-0.15, -0.1) is 0 Å². The minimum Gasteiger partial charge on any atom is -0.493 e. The van der Waals surface area contributed by atoms with Crippen LogP contribution in [0.4, 0.5) is 0 Å². The maximum Gasteiger partial charge on any atom is 0.227 e. The van der Waals surface area contributed by atoms with E-state index < -0.39 is 5.41 Å². The Morgan fingerprint density at radius 2 is 2.04 bits per heavy atom. The average Bonchev–Trinajstić information content (AvgIpc) is 3.38. The largest absolute Gasteiger partial charge is 0.493 e. The molecule has 0 saturated heterocycles. The van der Waals surface area contributed by atoms with Gasteiger partial charge in [-0.05, 0) is 50.2 Å². The third-order valence-corrected chi connectivity index (χ3v) is 5.06. The molecular weight excluding hydrogens is 288 g/mol. The third kappa shape index (κ3) is 4.47. The molecule has 0 atom stereocenters. The molecule has 1 saturated carbocycles. The molecule has 0 heterocycles. The van der Waals surface area contributed by atoms with Crippen molar-refractivity contribution in [3.63, 3.8) is 0 Å². The molecule has 4 heteroatoms. The highest BCUT2D eigenvalue weighted by Crippen LogP contribution is 2.31. The maximum absolute atomic E-state index is 12.6. The van der Waals surface area contributed by atoms with Crippen LogP contribution in [0, 0.1) is 18.3 Å². The van der Waals surface area contributed by atoms with Crippen molar-refractivity contribution >= 4 is 5.91 Å². The van der Waals surface area contributed by atoms with E-state index in [1.54, 1.807) is 0 Å². The molecule has 1 fully saturated rings. The summed E-state index contributed by atoms with van der Waals surface area (Å²) in [6.45, 7) is 7.74. The van der Waals surface area contributed by atoms with Gasteiger partial charge in [0.05, 0.1) is 12.0 Å². The Balaban J connectivity index is 2.02. The number of nitrogens with one attached hydrogen (secondary N) is 1. The van der Waals surface area contributed by atoms with Crippen LogP contribution in [0.2, 0.25) is 0 Å². The summed E-state index contributed by atoms with van der Waals surface area (Å²) in [7, 11) is 0. The van der Waals surface area contributed by atoms with Crippen LogP contribution in [0.25, 0.3) is 0 Å². The molecular formula is C19H30N2O2. The summed E-state index contributed by atoms with van der Waals surface area (Å²) in [6.07, 6.45) is 4.04. The van der Waals surface area contributed by atoms with Crippen LogP contribution in [0.1, 0.15) is 50.7 Å². The van der Waals surface area contributed by atoms with E-state index in [9.17, 15) is 4.79 Å². The normalized spacial score (nSPS) is 14.6.